The minimum absolute atomic E-state index is 0.0293. The number of rotatable bonds is 6. The molecule has 0 aliphatic heterocycles. The van der Waals surface area contributed by atoms with E-state index >= 15 is 0 Å². The molecule has 0 radical (unpaired) electrons. The van der Waals surface area contributed by atoms with Crippen LogP contribution < -0.4 is 10.6 Å². The van der Waals surface area contributed by atoms with Gasteiger partial charge in [-0.3, -0.25) is 4.79 Å². The van der Waals surface area contributed by atoms with Crippen molar-refractivity contribution in [2.24, 2.45) is 0 Å². The first-order valence-electron chi connectivity index (χ1n) is 5.05. The highest BCUT2D eigenvalue weighted by Crippen LogP contribution is 2.03. The van der Waals surface area contributed by atoms with Crippen molar-refractivity contribution in [1.82, 2.24) is 5.32 Å². The van der Waals surface area contributed by atoms with Crippen LogP contribution in [0.1, 0.15) is 0 Å². The molecule has 1 aromatic rings. The molecule has 0 saturated carbocycles. The molecular formula is C11H14N2O3S. The second-order valence-electron chi connectivity index (χ2n) is 3.36. The largest absolute Gasteiger partial charge is 0.480 e. The van der Waals surface area contributed by atoms with Gasteiger partial charge in [0.05, 0.1) is 6.54 Å². The van der Waals surface area contributed by atoms with Crippen LogP contribution in [0.2, 0.25) is 0 Å². The molecule has 1 unspecified atom stereocenters. The molecule has 1 amide bonds. The maximum atomic E-state index is 11.4. The second-order valence-corrected chi connectivity index (χ2v) is 3.73. The number of hydrogen-bond acceptors (Lipinski definition) is 4. The number of carbonyl (C=O) groups excluding carboxylic acids is 1. The van der Waals surface area contributed by atoms with Gasteiger partial charge >= 0.3 is 5.97 Å². The number of anilines is 1. The van der Waals surface area contributed by atoms with Crippen molar-refractivity contribution in [3.8, 4) is 0 Å². The van der Waals surface area contributed by atoms with Gasteiger partial charge in [-0.15, -0.1) is 0 Å². The molecule has 1 rings (SSSR count). The molecule has 92 valence electrons. The van der Waals surface area contributed by atoms with Crippen LogP contribution in [0.4, 0.5) is 5.69 Å². The van der Waals surface area contributed by atoms with Crippen molar-refractivity contribution in [2.45, 2.75) is 6.04 Å². The first kappa shape index (κ1) is 13.4. The van der Waals surface area contributed by atoms with Crippen molar-refractivity contribution < 1.29 is 14.7 Å². The number of thiol groups is 1. The topological polar surface area (TPSA) is 78.4 Å². The van der Waals surface area contributed by atoms with Crippen LogP contribution >= 0.6 is 12.6 Å². The molecule has 0 aliphatic rings. The first-order valence-corrected chi connectivity index (χ1v) is 5.68. The number of para-hydroxylation sites is 1. The van der Waals surface area contributed by atoms with Gasteiger partial charge in [0.1, 0.15) is 6.04 Å². The fraction of sp³-hybridized carbons (Fsp3) is 0.273. The minimum atomic E-state index is -1.09. The Morgan fingerprint density at radius 2 is 1.94 bits per heavy atom. The van der Waals surface area contributed by atoms with Crippen molar-refractivity contribution >= 4 is 30.2 Å². The molecule has 5 nitrogen and oxygen atoms in total. The number of carbonyl (C=O) groups is 2. The lowest BCUT2D eigenvalue weighted by Gasteiger charge is -2.12. The molecule has 0 bridgehead atoms. The quantitative estimate of drug-likeness (QED) is 0.561. The second kappa shape index (κ2) is 6.80. The van der Waals surface area contributed by atoms with Crippen molar-refractivity contribution in [1.29, 1.82) is 0 Å². The SMILES string of the molecule is O=C(CNc1ccccc1)NC(CS)C(=O)O. The lowest BCUT2D eigenvalue weighted by Crippen LogP contribution is -2.44. The van der Waals surface area contributed by atoms with Gasteiger partial charge in [-0.25, -0.2) is 4.79 Å². The summed E-state index contributed by atoms with van der Waals surface area (Å²) in [4.78, 5) is 22.1. The third kappa shape index (κ3) is 4.78. The van der Waals surface area contributed by atoms with Crippen LogP contribution in [0.25, 0.3) is 0 Å². The summed E-state index contributed by atoms with van der Waals surface area (Å²) in [6.07, 6.45) is 0. The highest BCUT2D eigenvalue weighted by Gasteiger charge is 2.17. The van der Waals surface area contributed by atoms with Gasteiger partial charge in [0.25, 0.3) is 0 Å². The number of aliphatic carboxylic acids is 1. The van der Waals surface area contributed by atoms with Gasteiger partial charge in [0.2, 0.25) is 5.91 Å². The molecule has 1 aromatic carbocycles. The van der Waals surface area contributed by atoms with Crippen molar-refractivity contribution in [2.75, 3.05) is 17.6 Å². The molecule has 17 heavy (non-hydrogen) atoms. The summed E-state index contributed by atoms with van der Waals surface area (Å²) in [5, 5.41) is 14.0. The van der Waals surface area contributed by atoms with Crippen LogP contribution in [0.3, 0.4) is 0 Å². The van der Waals surface area contributed by atoms with Gasteiger partial charge in [0.15, 0.2) is 0 Å². The van der Waals surface area contributed by atoms with E-state index in [1.54, 1.807) is 0 Å². The number of amides is 1. The fourth-order valence-corrected chi connectivity index (χ4v) is 1.42. The zero-order valence-electron chi connectivity index (χ0n) is 9.09. The number of hydrogen-bond donors (Lipinski definition) is 4. The highest BCUT2D eigenvalue weighted by atomic mass is 32.1. The van der Waals surface area contributed by atoms with Crippen LogP contribution in [0.5, 0.6) is 0 Å². The summed E-state index contributed by atoms with van der Waals surface area (Å²) in [6, 6.07) is 8.24. The Morgan fingerprint density at radius 3 is 2.47 bits per heavy atom. The van der Waals surface area contributed by atoms with Crippen LogP contribution in [0, 0.1) is 0 Å². The number of nitrogens with one attached hydrogen (secondary N) is 2. The lowest BCUT2D eigenvalue weighted by molar-refractivity contribution is -0.140. The third-order valence-corrected chi connectivity index (χ3v) is 2.41. The summed E-state index contributed by atoms with van der Waals surface area (Å²) < 4.78 is 0. The summed E-state index contributed by atoms with van der Waals surface area (Å²) in [5.74, 6) is -1.41. The normalized spacial score (nSPS) is 11.6. The smallest absolute Gasteiger partial charge is 0.327 e. The Labute approximate surface area is 105 Å². The Balaban J connectivity index is 2.37. The number of carboxylic acids is 1. The summed E-state index contributed by atoms with van der Waals surface area (Å²) >= 11 is 3.85. The molecule has 1 atom stereocenters. The highest BCUT2D eigenvalue weighted by molar-refractivity contribution is 7.80. The molecule has 0 aliphatic carbocycles. The predicted octanol–water partition coefficient (Wildman–Crippen LogP) is 0.598. The van der Waals surface area contributed by atoms with E-state index in [4.69, 9.17) is 5.11 Å². The predicted molar refractivity (Wildman–Crippen MR) is 68.4 cm³/mol. The average molecular weight is 254 g/mol. The number of benzene rings is 1. The van der Waals surface area contributed by atoms with Crippen LogP contribution in [0.15, 0.2) is 30.3 Å². The van der Waals surface area contributed by atoms with E-state index in [1.165, 1.54) is 0 Å². The standard InChI is InChI=1S/C11H14N2O3S/c14-10(13-9(7-17)11(15)16)6-12-8-4-2-1-3-5-8/h1-5,9,12,17H,6-7H2,(H,13,14)(H,15,16). The molecular weight excluding hydrogens is 240 g/mol. The zero-order chi connectivity index (χ0) is 12.7. The molecule has 0 fully saturated rings. The molecule has 3 N–H and O–H groups in total. The van der Waals surface area contributed by atoms with E-state index in [9.17, 15) is 9.59 Å². The van der Waals surface area contributed by atoms with E-state index in [-0.39, 0.29) is 18.2 Å². The maximum Gasteiger partial charge on any atom is 0.327 e. The molecule has 0 heterocycles. The monoisotopic (exact) mass is 254 g/mol. The molecule has 0 aromatic heterocycles. The average Bonchev–Trinajstić information content (AvgIpc) is 2.34. The Bertz CT molecular complexity index is 384. The summed E-state index contributed by atoms with van der Waals surface area (Å²) in [6.45, 7) is 0.0293. The Hall–Kier alpha value is -1.69. The van der Waals surface area contributed by atoms with Crippen LogP contribution in [-0.4, -0.2) is 35.3 Å². The van der Waals surface area contributed by atoms with Gasteiger partial charge in [0, 0.05) is 11.4 Å². The fourth-order valence-electron chi connectivity index (χ4n) is 1.17. The van der Waals surface area contributed by atoms with Crippen LogP contribution in [-0.2, 0) is 9.59 Å². The van der Waals surface area contributed by atoms with Gasteiger partial charge in [-0.2, -0.15) is 12.6 Å². The van der Waals surface area contributed by atoms with Crippen molar-refractivity contribution in [3.05, 3.63) is 30.3 Å². The minimum Gasteiger partial charge on any atom is -0.480 e. The summed E-state index contributed by atoms with van der Waals surface area (Å²) in [7, 11) is 0. The lowest BCUT2D eigenvalue weighted by atomic mass is 10.3. The summed E-state index contributed by atoms with van der Waals surface area (Å²) in [5.41, 5.74) is 0.806. The van der Waals surface area contributed by atoms with E-state index < -0.39 is 12.0 Å². The van der Waals surface area contributed by atoms with Gasteiger partial charge in [-0.05, 0) is 12.1 Å². The third-order valence-electron chi connectivity index (χ3n) is 2.04. The van der Waals surface area contributed by atoms with E-state index in [0.717, 1.165) is 5.69 Å². The van der Waals surface area contributed by atoms with Gasteiger partial charge < -0.3 is 15.7 Å². The number of carboxylic acid groups (broad SMARTS) is 1. The molecule has 0 saturated heterocycles. The Morgan fingerprint density at radius 1 is 1.29 bits per heavy atom. The van der Waals surface area contributed by atoms with Crippen molar-refractivity contribution in [3.63, 3.8) is 0 Å². The first-order chi connectivity index (χ1) is 8.13. The maximum absolute atomic E-state index is 11.4. The van der Waals surface area contributed by atoms with E-state index in [0.29, 0.717) is 0 Å². The van der Waals surface area contributed by atoms with Gasteiger partial charge in [-0.1, -0.05) is 18.2 Å². The molecule has 0 spiro atoms. The zero-order valence-corrected chi connectivity index (χ0v) is 9.98. The van der Waals surface area contributed by atoms with E-state index in [2.05, 4.69) is 23.3 Å². The molecule has 6 heteroatoms. The Kier molecular flexibility index (Phi) is 5.35. The van der Waals surface area contributed by atoms with E-state index in [1.807, 2.05) is 30.3 Å².